The molecule has 0 spiro atoms. The van der Waals surface area contributed by atoms with E-state index in [4.69, 9.17) is 37.9 Å². The van der Waals surface area contributed by atoms with Crippen molar-refractivity contribution in [2.75, 3.05) is 56.9 Å². The zero-order chi connectivity index (χ0) is 51.5. The van der Waals surface area contributed by atoms with Crippen molar-refractivity contribution in [2.45, 2.75) is 0 Å². The van der Waals surface area contributed by atoms with Crippen LogP contribution in [0.4, 0.5) is 0 Å². The molecular formula is C62H52O10P2. The molecule has 0 aliphatic rings. The van der Waals surface area contributed by atoms with Gasteiger partial charge in [-0.2, -0.15) is 0 Å². The highest BCUT2D eigenvalue weighted by molar-refractivity contribution is 7.86. The fraction of sp³-hybridized carbons (Fsp3) is 0.129. The summed E-state index contributed by atoms with van der Waals surface area (Å²) in [5.41, 5.74) is 0. The van der Waals surface area contributed by atoms with Gasteiger partial charge in [-0.3, -0.25) is 0 Å². The van der Waals surface area contributed by atoms with Crippen molar-refractivity contribution in [3.63, 3.8) is 0 Å². The lowest BCUT2D eigenvalue weighted by atomic mass is 9.87. The molecule has 0 unspecified atom stereocenters. The summed E-state index contributed by atoms with van der Waals surface area (Å²) >= 11 is 0. The number of ether oxygens (including phenoxy) is 8. The molecule has 0 aliphatic carbocycles. The standard InChI is InChI=1S/C62H52O10P2/c1-65-47-33-45-49(67-3)35-51(73(63,37-21-13-9-14-22-37)38-23-15-10-16-24-38)61(71-7)57(45)53-41(47)29-31-43-55(53)56-44(60(70-6)59(43)69-5)32-30-42-48(66-2)34-46-50(68-4)36-52(62(72-8)58(46)54(42)56)74(64,39-25-17-11-18-26-39)40-27-19-12-20-28-40/h9-36H,1-8H3. The largest absolute Gasteiger partial charge is 0.496 e. The molecule has 0 aromatic heterocycles. The van der Waals surface area contributed by atoms with Gasteiger partial charge in [-0.15, -0.1) is 0 Å². The molecule has 0 N–H and O–H groups in total. The molecule has 0 amide bonds. The van der Waals surface area contributed by atoms with Crippen LogP contribution in [0.3, 0.4) is 0 Å². The van der Waals surface area contributed by atoms with Crippen molar-refractivity contribution >= 4 is 111 Å². The Hall–Kier alpha value is -8.16. The number of benzene rings is 11. The van der Waals surface area contributed by atoms with Gasteiger partial charge in [-0.1, -0.05) is 121 Å². The molecule has 0 saturated carbocycles. The first-order valence-electron chi connectivity index (χ1n) is 23.9. The maximum absolute atomic E-state index is 16.6. The highest BCUT2D eigenvalue weighted by atomic mass is 31.2. The predicted molar refractivity (Wildman–Crippen MR) is 303 cm³/mol. The first kappa shape index (κ1) is 48.1. The maximum Gasteiger partial charge on any atom is 0.174 e. The molecule has 0 heterocycles. The minimum atomic E-state index is -3.74. The van der Waals surface area contributed by atoms with Crippen LogP contribution in [-0.2, 0) is 9.13 Å². The van der Waals surface area contributed by atoms with Gasteiger partial charge in [0.15, 0.2) is 25.8 Å². The van der Waals surface area contributed by atoms with Crippen LogP contribution >= 0.6 is 14.3 Å². The van der Waals surface area contributed by atoms with Crippen LogP contribution in [0, 0.1) is 0 Å². The van der Waals surface area contributed by atoms with Gasteiger partial charge >= 0.3 is 0 Å². The van der Waals surface area contributed by atoms with Crippen molar-refractivity contribution in [1.82, 2.24) is 0 Å². The van der Waals surface area contributed by atoms with Gasteiger partial charge in [-0.25, -0.2) is 0 Å². The summed E-state index contributed by atoms with van der Waals surface area (Å²) in [6, 6.07) is 53.5. The average molecular weight is 1020 g/mol. The first-order valence-corrected chi connectivity index (χ1v) is 27.3. The molecule has 11 rings (SSSR count). The maximum atomic E-state index is 16.6. The topological polar surface area (TPSA) is 108 Å². The molecule has 0 aliphatic heterocycles. The Morgan fingerprint density at radius 2 is 0.514 bits per heavy atom. The molecule has 370 valence electrons. The summed E-state index contributed by atoms with van der Waals surface area (Å²) in [7, 11) is 5.48. The zero-order valence-corrected chi connectivity index (χ0v) is 43.9. The quantitative estimate of drug-likeness (QED) is 0.0772. The lowest BCUT2D eigenvalue weighted by molar-refractivity contribution is 0.362. The smallest absolute Gasteiger partial charge is 0.174 e. The van der Waals surface area contributed by atoms with Gasteiger partial charge < -0.3 is 47.0 Å². The van der Waals surface area contributed by atoms with Crippen LogP contribution in [0.15, 0.2) is 170 Å². The van der Waals surface area contributed by atoms with E-state index in [0.29, 0.717) is 132 Å². The summed E-state index contributed by atoms with van der Waals surface area (Å²) in [4.78, 5) is 0. The second-order valence-electron chi connectivity index (χ2n) is 17.7. The van der Waals surface area contributed by atoms with Crippen molar-refractivity contribution in [3.8, 4) is 46.0 Å². The van der Waals surface area contributed by atoms with E-state index < -0.39 is 14.3 Å². The van der Waals surface area contributed by atoms with Crippen LogP contribution in [0.25, 0.3) is 64.6 Å². The van der Waals surface area contributed by atoms with Crippen LogP contribution in [0.2, 0.25) is 0 Å². The summed E-state index contributed by atoms with van der Waals surface area (Å²) in [5.74, 6) is 3.73. The third kappa shape index (κ3) is 7.00. The molecule has 74 heavy (non-hydrogen) atoms. The molecule has 0 saturated heterocycles. The average Bonchev–Trinajstić information content (AvgIpc) is 3.48. The fourth-order valence-corrected chi connectivity index (χ4v) is 16.8. The van der Waals surface area contributed by atoms with Crippen LogP contribution in [0.5, 0.6) is 46.0 Å². The SMILES string of the molecule is COc1cc(P(=O)(c2ccccc2)c2ccccc2)c(OC)c2c1cc(OC)c1ccc3c(OC)c(OC)c4ccc5c(OC)cc6c(OC)cc(P(=O)(c7ccccc7)c7ccccc7)c(OC)c6c5c4c3c12. The first-order chi connectivity index (χ1) is 36.2. The Labute approximate surface area is 428 Å². The van der Waals surface area contributed by atoms with E-state index in [-0.39, 0.29) is 0 Å². The van der Waals surface area contributed by atoms with E-state index >= 15 is 9.13 Å². The lowest BCUT2D eigenvalue weighted by Gasteiger charge is -2.26. The highest BCUT2D eigenvalue weighted by Crippen LogP contribution is 2.58. The number of rotatable bonds is 14. The van der Waals surface area contributed by atoms with Gasteiger partial charge in [0, 0.05) is 85.9 Å². The monoisotopic (exact) mass is 1020 g/mol. The predicted octanol–water partition coefficient (Wildman–Crippen LogP) is 12.0. The molecule has 0 fully saturated rings. The molecule has 0 bridgehead atoms. The summed E-state index contributed by atoms with van der Waals surface area (Å²) in [6.07, 6.45) is 0. The molecule has 11 aromatic rings. The van der Waals surface area contributed by atoms with E-state index in [1.54, 1.807) is 56.9 Å². The Balaban J connectivity index is 1.46. The number of hydrogen-bond acceptors (Lipinski definition) is 10. The Kier molecular flexibility index (Phi) is 12.4. The molecule has 12 heteroatoms. The third-order valence-electron chi connectivity index (χ3n) is 14.3. The number of hydrogen-bond donors (Lipinski definition) is 0. The molecule has 0 atom stereocenters. The normalized spacial score (nSPS) is 11.9. The second kappa shape index (κ2) is 19.0. The van der Waals surface area contributed by atoms with E-state index in [1.165, 1.54) is 0 Å². The van der Waals surface area contributed by atoms with Crippen LogP contribution in [0.1, 0.15) is 0 Å². The Morgan fingerprint density at radius 3 is 0.784 bits per heavy atom. The number of methoxy groups -OCH3 is 8. The molecule has 10 nitrogen and oxygen atoms in total. The fourth-order valence-electron chi connectivity index (χ4n) is 11.1. The molecular weight excluding hydrogens is 967 g/mol. The van der Waals surface area contributed by atoms with Gasteiger partial charge in [0.25, 0.3) is 0 Å². The van der Waals surface area contributed by atoms with Gasteiger partial charge in [0.05, 0.1) is 67.5 Å². The van der Waals surface area contributed by atoms with E-state index in [1.807, 2.05) is 170 Å². The highest BCUT2D eigenvalue weighted by Gasteiger charge is 2.38. The minimum Gasteiger partial charge on any atom is -0.496 e. The third-order valence-corrected chi connectivity index (χ3v) is 20.4. The minimum absolute atomic E-state index is 0.385. The molecule has 11 aromatic carbocycles. The summed E-state index contributed by atoms with van der Waals surface area (Å²) in [5, 5.41) is 11.5. The van der Waals surface area contributed by atoms with E-state index in [0.717, 1.165) is 10.8 Å². The van der Waals surface area contributed by atoms with E-state index in [9.17, 15) is 0 Å². The van der Waals surface area contributed by atoms with Crippen LogP contribution in [-0.4, -0.2) is 56.9 Å². The zero-order valence-electron chi connectivity index (χ0n) is 42.1. The van der Waals surface area contributed by atoms with Crippen molar-refractivity contribution in [2.24, 2.45) is 0 Å². The van der Waals surface area contributed by atoms with Crippen LogP contribution < -0.4 is 69.7 Å². The van der Waals surface area contributed by atoms with Gasteiger partial charge in [0.2, 0.25) is 0 Å². The molecule has 0 radical (unpaired) electrons. The van der Waals surface area contributed by atoms with Gasteiger partial charge in [0.1, 0.15) is 34.5 Å². The van der Waals surface area contributed by atoms with Gasteiger partial charge in [-0.05, 0) is 48.5 Å². The van der Waals surface area contributed by atoms with Crippen molar-refractivity contribution in [1.29, 1.82) is 0 Å². The van der Waals surface area contributed by atoms with E-state index in [2.05, 4.69) is 0 Å². The van der Waals surface area contributed by atoms with Crippen molar-refractivity contribution < 1.29 is 47.0 Å². The summed E-state index contributed by atoms with van der Waals surface area (Å²) < 4.78 is 84.7. The Bertz CT molecular complexity index is 3760. The lowest BCUT2D eigenvalue weighted by Crippen LogP contribution is -2.26. The van der Waals surface area contributed by atoms with Crippen molar-refractivity contribution in [3.05, 3.63) is 170 Å². The Morgan fingerprint density at radius 1 is 0.257 bits per heavy atom. The number of fused-ring (bicyclic) bond motifs is 11. The summed E-state index contributed by atoms with van der Waals surface area (Å²) in [6.45, 7) is 0. The second-order valence-corrected chi connectivity index (χ2v) is 23.2.